The van der Waals surface area contributed by atoms with Gasteiger partial charge in [0.1, 0.15) is 5.82 Å². The fourth-order valence-electron chi connectivity index (χ4n) is 2.19. The van der Waals surface area contributed by atoms with Gasteiger partial charge in [-0.1, -0.05) is 0 Å². The lowest BCUT2D eigenvalue weighted by Gasteiger charge is -2.28. The Kier molecular flexibility index (Phi) is 6.13. The SMILES string of the molecule is CNC1=CC(=CN)C(=Nc2ccc(F)cc2)C(COCCO)N1. The largest absolute Gasteiger partial charge is 0.404 e. The molecule has 0 saturated carbocycles. The lowest BCUT2D eigenvalue weighted by atomic mass is 10.00. The lowest BCUT2D eigenvalue weighted by Crippen LogP contribution is -2.46. The van der Waals surface area contributed by atoms with Gasteiger partial charge in [0.05, 0.1) is 43.1 Å². The predicted octanol–water partition coefficient (Wildman–Crippen LogP) is 0.782. The van der Waals surface area contributed by atoms with E-state index >= 15 is 0 Å². The zero-order valence-electron chi connectivity index (χ0n) is 12.9. The Labute approximate surface area is 134 Å². The molecule has 1 aromatic rings. The monoisotopic (exact) mass is 320 g/mol. The lowest BCUT2D eigenvalue weighted by molar-refractivity contribution is 0.0875. The molecule has 0 bridgehead atoms. The fraction of sp³-hybridized carbons (Fsp3) is 0.312. The minimum absolute atomic E-state index is 0.0501. The second kappa shape index (κ2) is 8.30. The van der Waals surface area contributed by atoms with Gasteiger partial charge in [0, 0.05) is 18.8 Å². The second-order valence-electron chi connectivity index (χ2n) is 4.90. The van der Waals surface area contributed by atoms with Crippen LogP contribution in [0.3, 0.4) is 0 Å². The quantitative estimate of drug-likeness (QED) is 0.582. The number of allylic oxidation sites excluding steroid dienone is 1. The molecular formula is C16H21FN4O2. The molecule has 124 valence electrons. The average molecular weight is 320 g/mol. The van der Waals surface area contributed by atoms with Crippen LogP contribution < -0.4 is 16.4 Å². The molecule has 7 heteroatoms. The van der Waals surface area contributed by atoms with Crippen molar-refractivity contribution < 1.29 is 14.2 Å². The Balaban J connectivity index is 2.32. The molecule has 0 spiro atoms. The standard InChI is InChI=1S/C16H21FN4O2/c1-19-15-8-11(9-18)16(14(21-15)10-23-7-6-22)20-13-4-2-12(17)3-5-13/h2-5,8-9,14,19,21-22H,6-7,10,18H2,1H3. The minimum atomic E-state index is -0.314. The molecule has 1 unspecified atom stereocenters. The predicted molar refractivity (Wildman–Crippen MR) is 87.7 cm³/mol. The van der Waals surface area contributed by atoms with Crippen molar-refractivity contribution in [1.29, 1.82) is 0 Å². The van der Waals surface area contributed by atoms with Crippen molar-refractivity contribution in [3.05, 3.63) is 53.8 Å². The van der Waals surface area contributed by atoms with Gasteiger partial charge < -0.3 is 26.2 Å². The summed E-state index contributed by atoms with van der Waals surface area (Å²) in [6, 6.07) is 5.66. The van der Waals surface area contributed by atoms with Gasteiger partial charge in [0.25, 0.3) is 0 Å². The summed E-state index contributed by atoms with van der Waals surface area (Å²) in [6.07, 6.45) is 3.31. The number of benzene rings is 1. The first-order valence-corrected chi connectivity index (χ1v) is 7.29. The molecule has 0 aromatic heterocycles. The molecule has 1 aliphatic heterocycles. The summed E-state index contributed by atoms with van der Waals surface area (Å²) in [5.74, 6) is 0.475. The van der Waals surface area contributed by atoms with E-state index in [4.69, 9.17) is 15.6 Å². The Bertz CT molecular complexity index is 611. The molecule has 1 heterocycles. The van der Waals surface area contributed by atoms with Gasteiger partial charge in [-0.2, -0.15) is 0 Å². The number of nitrogens with one attached hydrogen (secondary N) is 2. The molecule has 1 aromatic carbocycles. The molecule has 6 nitrogen and oxygen atoms in total. The molecule has 2 rings (SSSR count). The number of nitrogens with two attached hydrogens (primary N) is 1. The summed E-state index contributed by atoms with van der Waals surface area (Å²) in [5, 5.41) is 15.1. The van der Waals surface area contributed by atoms with Crippen LogP contribution in [-0.2, 0) is 4.74 Å². The number of rotatable bonds is 6. The first-order valence-electron chi connectivity index (χ1n) is 7.29. The number of aliphatic imine (C=N–C) groups is 1. The molecule has 0 radical (unpaired) electrons. The molecule has 5 N–H and O–H groups in total. The van der Waals surface area contributed by atoms with Crippen LogP contribution in [0.2, 0.25) is 0 Å². The van der Waals surface area contributed by atoms with E-state index in [2.05, 4.69) is 15.6 Å². The number of nitrogens with zero attached hydrogens (tertiary/aromatic N) is 1. The van der Waals surface area contributed by atoms with Gasteiger partial charge in [-0.25, -0.2) is 4.39 Å². The van der Waals surface area contributed by atoms with Crippen molar-refractivity contribution in [3.8, 4) is 0 Å². The highest BCUT2D eigenvalue weighted by Crippen LogP contribution is 2.19. The van der Waals surface area contributed by atoms with Crippen molar-refractivity contribution in [3.63, 3.8) is 0 Å². The van der Waals surface area contributed by atoms with Crippen molar-refractivity contribution in [1.82, 2.24) is 10.6 Å². The van der Waals surface area contributed by atoms with Crippen LogP contribution >= 0.6 is 0 Å². The van der Waals surface area contributed by atoms with Gasteiger partial charge >= 0.3 is 0 Å². The number of ether oxygens (including phenoxy) is 1. The first kappa shape index (κ1) is 17.0. The molecular weight excluding hydrogens is 299 g/mol. The summed E-state index contributed by atoms with van der Waals surface area (Å²) in [4.78, 5) is 4.56. The maximum absolute atomic E-state index is 13.0. The first-order chi connectivity index (χ1) is 11.2. The van der Waals surface area contributed by atoms with Crippen molar-refractivity contribution in [2.75, 3.05) is 26.9 Å². The highest BCUT2D eigenvalue weighted by Gasteiger charge is 2.24. The zero-order valence-corrected chi connectivity index (χ0v) is 12.9. The van der Waals surface area contributed by atoms with Gasteiger partial charge in [0.15, 0.2) is 0 Å². The van der Waals surface area contributed by atoms with Crippen LogP contribution in [0.5, 0.6) is 0 Å². The van der Waals surface area contributed by atoms with E-state index in [1.165, 1.54) is 18.3 Å². The molecule has 1 aliphatic rings. The number of hydrogen-bond acceptors (Lipinski definition) is 6. The van der Waals surface area contributed by atoms with Gasteiger partial charge in [-0.3, -0.25) is 4.99 Å². The van der Waals surface area contributed by atoms with Crippen molar-refractivity contribution >= 4 is 11.4 Å². The van der Waals surface area contributed by atoms with Crippen molar-refractivity contribution in [2.24, 2.45) is 10.7 Å². The Morgan fingerprint density at radius 3 is 2.78 bits per heavy atom. The highest BCUT2D eigenvalue weighted by atomic mass is 19.1. The zero-order chi connectivity index (χ0) is 16.7. The summed E-state index contributed by atoms with van der Waals surface area (Å²) in [5.41, 5.74) is 7.78. The Morgan fingerprint density at radius 1 is 1.43 bits per heavy atom. The topological polar surface area (TPSA) is 91.9 Å². The number of aliphatic hydroxyl groups excluding tert-OH is 1. The highest BCUT2D eigenvalue weighted by molar-refractivity contribution is 6.08. The smallest absolute Gasteiger partial charge is 0.123 e. The maximum Gasteiger partial charge on any atom is 0.123 e. The van der Waals surface area contributed by atoms with Crippen LogP contribution in [0.1, 0.15) is 0 Å². The molecule has 0 amide bonds. The van der Waals surface area contributed by atoms with E-state index in [0.29, 0.717) is 18.0 Å². The van der Waals surface area contributed by atoms with E-state index in [-0.39, 0.29) is 25.1 Å². The molecule has 0 saturated heterocycles. The van der Waals surface area contributed by atoms with Crippen LogP contribution in [0, 0.1) is 5.82 Å². The van der Waals surface area contributed by atoms with Gasteiger partial charge in [-0.05, 0) is 30.3 Å². The summed E-state index contributed by atoms with van der Waals surface area (Å²) in [6.45, 7) is 0.505. The molecule has 0 fully saturated rings. The molecule has 23 heavy (non-hydrogen) atoms. The minimum Gasteiger partial charge on any atom is -0.404 e. The maximum atomic E-state index is 13.0. The number of aliphatic hydroxyl groups is 1. The summed E-state index contributed by atoms with van der Waals surface area (Å²) >= 11 is 0. The third-order valence-corrected chi connectivity index (χ3v) is 3.30. The third-order valence-electron chi connectivity index (χ3n) is 3.30. The average Bonchev–Trinajstić information content (AvgIpc) is 2.58. The Morgan fingerprint density at radius 2 is 2.17 bits per heavy atom. The van der Waals surface area contributed by atoms with E-state index in [9.17, 15) is 4.39 Å². The van der Waals surface area contributed by atoms with Crippen molar-refractivity contribution in [2.45, 2.75) is 6.04 Å². The van der Waals surface area contributed by atoms with Crippen LogP contribution in [0.15, 0.2) is 52.9 Å². The molecule has 1 atom stereocenters. The Hall–Kier alpha value is -2.38. The second-order valence-corrected chi connectivity index (χ2v) is 4.90. The fourth-order valence-corrected chi connectivity index (χ4v) is 2.19. The molecule has 0 aliphatic carbocycles. The van der Waals surface area contributed by atoms with Gasteiger partial charge in [-0.15, -0.1) is 0 Å². The van der Waals surface area contributed by atoms with E-state index < -0.39 is 0 Å². The third kappa shape index (κ3) is 4.54. The normalized spacial score (nSPS) is 21.2. The summed E-state index contributed by atoms with van der Waals surface area (Å²) < 4.78 is 18.5. The van der Waals surface area contributed by atoms with Crippen LogP contribution in [0.4, 0.5) is 10.1 Å². The van der Waals surface area contributed by atoms with E-state index in [0.717, 1.165) is 11.4 Å². The summed E-state index contributed by atoms with van der Waals surface area (Å²) in [7, 11) is 1.79. The number of halogens is 1. The van der Waals surface area contributed by atoms with Crippen LogP contribution in [0.25, 0.3) is 0 Å². The van der Waals surface area contributed by atoms with Crippen LogP contribution in [-0.4, -0.2) is 43.7 Å². The van der Waals surface area contributed by atoms with E-state index in [1.54, 1.807) is 19.2 Å². The number of hydrogen-bond donors (Lipinski definition) is 4. The van der Waals surface area contributed by atoms with Gasteiger partial charge in [0.2, 0.25) is 0 Å². The van der Waals surface area contributed by atoms with E-state index in [1.807, 2.05) is 6.08 Å².